The van der Waals surface area contributed by atoms with Crippen LogP contribution in [0.15, 0.2) is 39.6 Å². The number of aliphatic hydroxyl groups is 1. The van der Waals surface area contributed by atoms with E-state index in [9.17, 15) is 9.32 Å². The minimum atomic E-state index is -2.52. The van der Waals surface area contributed by atoms with Crippen LogP contribution in [0.5, 0.6) is 0 Å². The fourth-order valence-corrected chi connectivity index (χ4v) is 6.42. The third kappa shape index (κ3) is 2.76. The van der Waals surface area contributed by atoms with E-state index in [2.05, 4.69) is 11.3 Å². The van der Waals surface area contributed by atoms with Crippen molar-refractivity contribution in [3.8, 4) is 0 Å². The molecule has 0 spiro atoms. The SMILES string of the molecule is CN=[S@@](=O)(C[C@@]1(O)C[C@H]2CC[C@H](C)[C@H]2C1)c1ccccc1. The maximum absolute atomic E-state index is 13.2. The van der Waals surface area contributed by atoms with E-state index in [1.165, 1.54) is 12.8 Å². The molecule has 0 aliphatic heterocycles. The summed E-state index contributed by atoms with van der Waals surface area (Å²) in [7, 11) is -0.913. The Kier molecular flexibility index (Phi) is 3.87. The average Bonchev–Trinajstić information content (AvgIpc) is 2.98. The molecule has 2 aliphatic rings. The molecule has 0 unspecified atom stereocenters. The van der Waals surface area contributed by atoms with Gasteiger partial charge in [0, 0.05) is 11.9 Å². The van der Waals surface area contributed by atoms with Gasteiger partial charge in [-0.15, -0.1) is 0 Å². The molecule has 21 heavy (non-hydrogen) atoms. The van der Waals surface area contributed by atoms with Gasteiger partial charge in [0.2, 0.25) is 0 Å². The van der Waals surface area contributed by atoms with Crippen LogP contribution in [0.1, 0.15) is 32.6 Å². The first-order valence-corrected chi connectivity index (χ1v) is 9.55. The first kappa shape index (κ1) is 15.0. The molecule has 0 heterocycles. The topological polar surface area (TPSA) is 49.7 Å². The van der Waals surface area contributed by atoms with Crippen molar-refractivity contribution in [3.05, 3.63) is 30.3 Å². The van der Waals surface area contributed by atoms with Crippen molar-refractivity contribution < 1.29 is 9.32 Å². The molecule has 1 N–H and O–H groups in total. The first-order valence-electron chi connectivity index (χ1n) is 7.86. The third-order valence-corrected chi connectivity index (χ3v) is 7.99. The summed E-state index contributed by atoms with van der Waals surface area (Å²) in [5.41, 5.74) is -0.809. The van der Waals surface area contributed by atoms with Gasteiger partial charge in [-0.3, -0.25) is 0 Å². The van der Waals surface area contributed by atoms with E-state index in [1.807, 2.05) is 30.3 Å². The zero-order valence-corrected chi connectivity index (χ0v) is 13.7. The Morgan fingerprint density at radius 1 is 1.29 bits per heavy atom. The van der Waals surface area contributed by atoms with E-state index in [-0.39, 0.29) is 5.75 Å². The van der Waals surface area contributed by atoms with Crippen molar-refractivity contribution in [2.45, 2.75) is 43.1 Å². The van der Waals surface area contributed by atoms with E-state index < -0.39 is 15.3 Å². The van der Waals surface area contributed by atoms with Crippen LogP contribution >= 0.6 is 0 Å². The first-order chi connectivity index (χ1) is 9.96. The van der Waals surface area contributed by atoms with E-state index in [0.29, 0.717) is 17.8 Å². The Bertz CT molecular complexity index is 621. The van der Waals surface area contributed by atoms with E-state index >= 15 is 0 Å². The van der Waals surface area contributed by atoms with E-state index in [4.69, 9.17) is 0 Å². The van der Waals surface area contributed by atoms with Crippen molar-refractivity contribution in [1.82, 2.24) is 0 Å². The van der Waals surface area contributed by atoms with Gasteiger partial charge < -0.3 is 5.11 Å². The van der Waals surface area contributed by atoms with Crippen LogP contribution in [0.4, 0.5) is 0 Å². The fraction of sp³-hybridized carbons (Fsp3) is 0.647. The molecule has 1 aromatic carbocycles. The lowest BCUT2D eigenvalue weighted by molar-refractivity contribution is 0.0600. The van der Waals surface area contributed by atoms with Crippen LogP contribution < -0.4 is 0 Å². The highest BCUT2D eigenvalue weighted by molar-refractivity contribution is 7.93. The molecule has 2 fully saturated rings. The van der Waals surface area contributed by atoms with Gasteiger partial charge in [-0.2, -0.15) is 0 Å². The minimum absolute atomic E-state index is 0.278. The van der Waals surface area contributed by atoms with Crippen LogP contribution in [0, 0.1) is 17.8 Å². The predicted molar refractivity (Wildman–Crippen MR) is 85.6 cm³/mol. The summed E-state index contributed by atoms with van der Waals surface area (Å²) in [5, 5.41) is 11.0. The lowest BCUT2D eigenvalue weighted by Crippen LogP contribution is -2.35. The maximum atomic E-state index is 13.2. The van der Waals surface area contributed by atoms with Crippen molar-refractivity contribution >= 4 is 9.73 Å². The molecule has 2 saturated carbocycles. The second kappa shape index (κ2) is 5.40. The molecule has 5 atom stereocenters. The molecule has 0 amide bonds. The standard InChI is InChI=1S/C17H25NO2S/c1-13-8-9-14-10-17(19,11-16(13)14)12-21(20,18-2)15-6-4-3-5-7-15/h3-7,13-14,16,19H,8-12H2,1-2H3/t13-,14+,16+,17+,21+/m0/s1. The number of fused-ring (bicyclic) bond motifs is 1. The molecule has 0 bridgehead atoms. The molecule has 3 rings (SSSR count). The lowest BCUT2D eigenvalue weighted by atomic mass is 9.92. The maximum Gasteiger partial charge on any atom is 0.0780 e. The zero-order valence-electron chi connectivity index (χ0n) is 12.9. The normalized spacial score (nSPS) is 38.0. The quantitative estimate of drug-likeness (QED) is 0.931. The van der Waals surface area contributed by atoms with Gasteiger partial charge in [-0.05, 0) is 49.1 Å². The summed E-state index contributed by atoms with van der Waals surface area (Å²) in [6, 6.07) is 9.40. The van der Waals surface area contributed by atoms with Crippen LogP contribution in [-0.4, -0.2) is 27.7 Å². The number of nitrogens with zero attached hydrogens (tertiary/aromatic N) is 1. The molecule has 0 saturated heterocycles. The second-order valence-electron chi connectivity index (χ2n) is 6.89. The van der Waals surface area contributed by atoms with Crippen molar-refractivity contribution in [2.75, 3.05) is 12.8 Å². The molecular formula is C17H25NO2S. The highest BCUT2D eigenvalue weighted by Crippen LogP contribution is 2.52. The highest BCUT2D eigenvalue weighted by atomic mass is 32.2. The molecule has 0 radical (unpaired) electrons. The monoisotopic (exact) mass is 307 g/mol. The largest absolute Gasteiger partial charge is 0.389 e. The summed E-state index contributed by atoms with van der Waals surface area (Å²) in [6.07, 6.45) is 4.07. The number of hydrogen-bond donors (Lipinski definition) is 1. The molecular weight excluding hydrogens is 282 g/mol. The summed E-state index contributed by atoms with van der Waals surface area (Å²) in [6.45, 7) is 2.29. The zero-order chi connectivity index (χ0) is 15.1. The number of benzene rings is 1. The Morgan fingerprint density at radius 2 is 2.00 bits per heavy atom. The van der Waals surface area contributed by atoms with Crippen molar-refractivity contribution in [3.63, 3.8) is 0 Å². The predicted octanol–water partition coefficient (Wildman–Crippen LogP) is 3.33. The summed E-state index contributed by atoms with van der Waals surface area (Å²) < 4.78 is 17.4. The summed E-state index contributed by atoms with van der Waals surface area (Å²) in [5.74, 6) is 2.18. The van der Waals surface area contributed by atoms with Crippen LogP contribution in [0.25, 0.3) is 0 Å². The third-order valence-electron chi connectivity index (χ3n) is 5.46. The smallest absolute Gasteiger partial charge is 0.0780 e. The van der Waals surface area contributed by atoms with Crippen LogP contribution in [0.3, 0.4) is 0 Å². The van der Waals surface area contributed by atoms with Crippen LogP contribution in [-0.2, 0) is 9.73 Å². The Balaban J connectivity index is 1.84. The Morgan fingerprint density at radius 3 is 2.62 bits per heavy atom. The number of rotatable bonds is 3. The van der Waals surface area contributed by atoms with Gasteiger partial charge in [0.25, 0.3) is 0 Å². The van der Waals surface area contributed by atoms with Gasteiger partial charge in [0.15, 0.2) is 0 Å². The molecule has 0 aromatic heterocycles. The molecule has 4 heteroatoms. The van der Waals surface area contributed by atoms with Gasteiger partial charge >= 0.3 is 0 Å². The molecule has 1 aromatic rings. The van der Waals surface area contributed by atoms with E-state index in [1.54, 1.807) is 7.05 Å². The van der Waals surface area contributed by atoms with Gasteiger partial charge in [0.05, 0.1) is 21.1 Å². The summed E-state index contributed by atoms with van der Waals surface area (Å²) >= 11 is 0. The lowest BCUT2D eigenvalue weighted by Gasteiger charge is -2.26. The van der Waals surface area contributed by atoms with Gasteiger partial charge in [-0.25, -0.2) is 8.57 Å². The number of hydrogen-bond acceptors (Lipinski definition) is 3. The Hall–Kier alpha value is -0.870. The van der Waals surface area contributed by atoms with Crippen molar-refractivity contribution in [2.24, 2.45) is 22.1 Å². The Labute approximate surface area is 128 Å². The van der Waals surface area contributed by atoms with Gasteiger partial charge in [0.1, 0.15) is 0 Å². The van der Waals surface area contributed by atoms with Crippen molar-refractivity contribution in [1.29, 1.82) is 0 Å². The molecule has 2 aliphatic carbocycles. The highest BCUT2D eigenvalue weighted by Gasteiger charge is 2.49. The summed E-state index contributed by atoms with van der Waals surface area (Å²) in [4.78, 5) is 0.742. The van der Waals surface area contributed by atoms with Crippen LogP contribution in [0.2, 0.25) is 0 Å². The molecule has 3 nitrogen and oxygen atoms in total. The van der Waals surface area contributed by atoms with Gasteiger partial charge in [-0.1, -0.05) is 31.5 Å². The fourth-order valence-electron chi connectivity index (χ4n) is 4.37. The average molecular weight is 307 g/mol. The second-order valence-corrected chi connectivity index (χ2v) is 9.30. The minimum Gasteiger partial charge on any atom is -0.389 e. The van der Waals surface area contributed by atoms with E-state index in [0.717, 1.165) is 17.7 Å². The molecule has 116 valence electrons.